The molecule has 2 aromatic carbocycles. The number of carbonyl (C=O) groups is 2. The van der Waals surface area contributed by atoms with Crippen molar-refractivity contribution in [1.82, 2.24) is 0 Å². The summed E-state index contributed by atoms with van der Waals surface area (Å²) in [6, 6.07) is 14.3. The maximum Gasteiger partial charge on any atom is 0.295 e. The molecule has 1 unspecified atom stereocenters. The summed E-state index contributed by atoms with van der Waals surface area (Å²) in [6.07, 6.45) is 0. The van der Waals surface area contributed by atoms with Crippen LogP contribution in [0.3, 0.4) is 0 Å². The number of imide groups is 1. The van der Waals surface area contributed by atoms with Crippen molar-refractivity contribution in [1.29, 1.82) is 0 Å². The van der Waals surface area contributed by atoms with E-state index in [1.165, 1.54) is 4.90 Å². The molecule has 0 aromatic heterocycles. The van der Waals surface area contributed by atoms with Gasteiger partial charge < -0.3 is 5.32 Å². The minimum Gasteiger partial charge on any atom is -0.365 e. The van der Waals surface area contributed by atoms with Gasteiger partial charge in [0, 0.05) is 10.7 Å². The fraction of sp³-hybridized carbons (Fsp3) is 0.125. The fourth-order valence-corrected chi connectivity index (χ4v) is 3.16. The van der Waals surface area contributed by atoms with Crippen molar-refractivity contribution < 1.29 is 9.59 Å². The number of benzene rings is 2. The molecule has 1 fully saturated rings. The number of amides is 2. The molecule has 1 saturated heterocycles. The van der Waals surface area contributed by atoms with Gasteiger partial charge in [-0.25, -0.2) is 4.90 Å². The van der Waals surface area contributed by atoms with Gasteiger partial charge in [-0.05, 0) is 55.1 Å². The number of hydrogen-bond acceptors (Lipinski definition) is 4. The summed E-state index contributed by atoms with van der Waals surface area (Å²) in [5.41, 5.74) is 2.41. The highest BCUT2D eigenvalue weighted by atomic mass is 35.5. The largest absolute Gasteiger partial charge is 0.365 e. The summed E-state index contributed by atoms with van der Waals surface area (Å²) in [5.74, 6) is -0.270. The molecule has 0 spiro atoms. The Labute approximate surface area is 137 Å². The van der Waals surface area contributed by atoms with E-state index in [1.807, 2.05) is 19.1 Å². The Morgan fingerprint density at radius 2 is 1.68 bits per heavy atom. The van der Waals surface area contributed by atoms with Crippen LogP contribution in [-0.2, 0) is 4.79 Å². The molecule has 3 rings (SSSR count). The molecule has 6 heteroatoms. The Balaban J connectivity index is 1.79. The fourth-order valence-electron chi connectivity index (χ4n) is 2.13. The van der Waals surface area contributed by atoms with Gasteiger partial charge >= 0.3 is 0 Å². The molecular weight excluding hydrogens is 320 g/mol. The SMILES string of the molecule is Cc1ccc(N2C(=O)SC(Nc3ccc(Cl)cc3)C2=O)cc1. The zero-order valence-corrected chi connectivity index (χ0v) is 13.3. The number of anilines is 2. The number of thioether (sulfide) groups is 1. The number of halogens is 1. The molecule has 0 radical (unpaired) electrons. The quantitative estimate of drug-likeness (QED) is 0.911. The van der Waals surface area contributed by atoms with Crippen molar-refractivity contribution >= 4 is 45.9 Å². The molecule has 2 amide bonds. The van der Waals surface area contributed by atoms with Gasteiger partial charge in [0.1, 0.15) is 0 Å². The Hall–Kier alpha value is -1.98. The molecule has 1 N–H and O–H groups in total. The highest BCUT2D eigenvalue weighted by molar-refractivity contribution is 8.16. The summed E-state index contributed by atoms with van der Waals surface area (Å²) >= 11 is 6.81. The van der Waals surface area contributed by atoms with E-state index in [0.29, 0.717) is 10.7 Å². The second-order valence-corrected chi connectivity index (χ2v) is 6.42. The summed E-state index contributed by atoms with van der Waals surface area (Å²) in [4.78, 5) is 25.8. The van der Waals surface area contributed by atoms with Gasteiger partial charge in [-0.1, -0.05) is 29.3 Å². The molecular formula is C16H13ClN2O2S. The van der Waals surface area contributed by atoms with Crippen molar-refractivity contribution in [2.45, 2.75) is 12.3 Å². The van der Waals surface area contributed by atoms with Crippen LogP contribution in [0.15, 0.2) is 48.5 Å². The van der Waals surface area contributed by atoms with Gasteiger partial charge in [0.15, 0.2) is 5.37 Å². The predicted molar refractivity (Wildman–Crippen MR) is 90.5 cm³/mol. The lowest BCUT2D eigenvalue weighted by Crippen LogP contribution is -2.34. The Morgan fingerprint density at radius 3 is 2.32 bits per heavy atom. The van der Waals surface area contributed by atoms with E-state index < -0.39 is 5.37 Å². The molecule has 4 nitrogen and oxygen atoms in total. The van der Waals surface area contributed by atoms with E-state index in [2.05, 4.69) is 5.32 Å². The summed E-state index contributed by atoms with van der Waals surface area (Å²) in [5, 5.41) is 2.76. The average molecular weight is 333 g/mol. The van der Waals surface area contributed by atoms with Crippen molar-refractivity contribution in [2.24, 2.45) is 0 Å². The van der Waals surface area contributed by atoms with Crippen LogP contribution in [-0.4, -0.2) is 16.5 Å². The molecule has 22 heavy (non-hydrogen) atoms. The van der Waals surface area contributed by atoms with E-state index >= 15 is 0 Å². The van der Waals surface area contributed by atoms with Gasteiger partial charge in [0.05, 0.1) is 5.69 Å². The second kappa shape index (κ2) is 6.02. The number of nitrogens with zero attached hydrogens (tertiary/aromatic N) is 1. The molecule has 2 aromatic rings. The molecule has 1 aliphatic heterocycles. The smallest absolute Gasteiger partial charge is 0.295 e. The molecule has 1 heterocycles. The first-order valence-corrected chi connectivity index (χ1v) is 7.94. The van der Waals surface area contributed by atoms with Crippen LogP contribution in [0.4, 0.5) is 16.2 Å². The first-order chi connectivity index (χ1) is 10.5. The van der Waals surface area contributed by atoms with Crippen molar-refractivity contribution in [3.8, 4) is 0 Å². The van der Waals surface area contributed by atoms with Gasteiger partial charge in [-0.15, -0.1) is 0 Å². The zero-order chi connectivity index (χ0) is 15.7. The maximum atomic E-state index is 12.5. The molecule has 1 atom stereocenters. The van der Waals surface area contributed by atoms with Crippen LogP contribution in [0.1, 0.15) is 5.56 Å². The molecule has 0 saturated carbocycles. The summed E-state index contributed by atoms with van der Waals surface area (Å²) < 4.78 is 0. The average Bonchev–Trinajstić information content (AvgIpc) is 2.77. The van der Waals surface area contributed by atoms with E-state index in [0.717, 1.165) is 23.0 Å². The topological polar surface area (TPSA) is 49.4 Å². The van der Waals surface area contributed by atoms with Crippen LogP contribution >= 0.6 is 23.4 Å². The molecule has 0 aliphatic carbocycles. The normalized spacial score (nSPS) is 17.9. The van der Waals surface area contributed by atoms with Crippen LogP contribution in [0.25, 0.3) is 0 Å². The third kappa shape index (κ3) is 2.96. The van der Waals surface area contributed by atoms with Crippen molar-refractivity contribution in [2.75, 3.05) is 10.2 Å². The van der Waals surface area contributed by atoms with Crippen LogP contribution < -0.4 is 10.2 Å². The lowest BCUT2D eigenvalue weighted by molar-refractivity contribution is -0.116. The Bertz CT molecular complexity index is 716. The standard InChI is InChI=1S/C16H13ClN2O2S/c1-10-2-8-13(9-3-10)19-15(20)14(22-16(19)21)18-12-6-4-11(17)5-7-12/h2-9,14,18H,1H3. The third-order valence-electron chi connectivity index (χ3n) is 3.28. The number of aryl methyl sites for hydroxylation is 1. The van der Waals surface area contributed by atoms with Gasteiger partial charge in [-0.2, -0.15) is 0 Å². The molecule has 112 valence electrons. The Kier molecular flexibility index (Phi) is 4.09. The maximum absolute atomic E-state index is 12.5. The first-order valence-electron chi connectivity index (χ1n) is 6.68. The van der Waals surface area contributed by atoms with Crippen LogP contribution in [0.5, 0.6) is 0 Å². The van der Waals surface area contributed by atoms with Crippen LogP contribution in [0, 0.1) is 6.92 Å². The minimum absolute atomic E-state index is 0.270. The van der Waals surface area contributed by atoms with E-state index in [-0.39, 0.29) is 11.1 Å². The van der Waals surface area contributed by atoms with E-state index in [4.69, 9.17) is 11.6 Å². The van der Waals surface area contributed by atoms with Gasteiger partial charge in [0.25, 0.3) is 11.1 Å². The van der Waals surface area contributed by atoms with Crippen LogP contribution in [0.2, 0.25) is 5.02 Å². The van der Waals surface area contributed by atoms with E-state index in [9.17, 15) is 9.59 Å². The lowest BCUT2D eigenvalue weighted by atomic mass is 10.2. The van der Waals surface area contributed by atoms with E-state index in [1.54, 1.807) is 36.4 Å². The number of rotatable bonds is 3. The number of hydrogen-bond donors (Lipinski definition) is 1. The number of nitrogens with one attached hydrogen (secondary N) is 1. The van der Waals surface area contributed by atoms with Crippen molar-refractivity contribution in [3.05, 3.63) is 59.1 Å². The highest BCUT2D eigenvalue weighted by Gasteiger charge is 2.40. The summed E-state index contributed by atoms with van der Waals surface area (Å²) in [7, 11) is 0. The molecule has 1 aliphatic rings. The second-order valence-electron chi connectivity index (χ2n) is 4.92. The number of carbonyl (C=O) groups excluding carboxylic acids is 2. The summed E-state index contributed by atoms with van der Waals surface area (Å²) in [6.45, 7) is 1.96. The zero-order valence-electron chi connectivity index (χ0n) is 11.7. The Morgan fingerprint density at radius 1 is 1.05 bits per heavy atom. The van der Waals surface area contributed by atoms with Gasteiger partial charge in [0.2, 0.25) is 0 Å². The highest BCUT2D eigenvalue weighted by Crippen LogP contribution is 2.32. The molecule has 0 bridgehead atoms. The van der Waals surface area contributed by atoms with Crippen molar-refractivity contribution in [3.63, 3.8) is 0 Å². The lowest BCUT2D eigenvalue weighted by Gasteiger charge is -2.15. The minimum atomic E-state index is -0.630. The third-order valence-corrected chi connectivity index (χ3v) is 4.47. The predicted octanol–water partition coefficient (Wildman–Crippen LogP) is 4.29. The first kappa shape index (κ1) is 14.9. The van der Waals surface area contributed by atoms with Gasteiger partial charge in [-0.3, -0.25) is 9.59 Å². The monoisotopic (exact) mass is 332 g/mol.